The van der Waals surface area contributed by atoms with Gasteiger partial charge in [-0.25, -0.2) is 4.79 Å². The van der Waals surface area contributed by atoms with E-state index in [4.69, 9.17) is 4.74 Å². The van der Waals surface area contributed by atoms with Crippen LogP contribution in [-0.4, -0.2) is 76.5 Å². The first-order valence-corrected chi connectivity index (χ1v) is 7.61. The first kappa shape index (κ1) is 17.0. The normalized spacial score (nSPS) is 33.2. The summed E-state index contributed by atoms with van der Waals surface area (Å²) < 4.78 is 5.31. The van der Waals surface area contributed by atoms with Gasteiger partial charge in [0.1, 0.15) is 11.0 Å². The molecule has 126 valence electrons. The van der Waals surface area contributed by atoms with Gasteiger partial charge in [0, 0.05) is 26.2 Å². The van der Waals surface area contributed by atoms with Crippen molar-refractivity contribution < 1.29 is 24.5 Å². The molecule has 2 N–H and O–H groups in total. The molecule has 2 aliphatic rings. The smallest absolute Gasteiger partial charge is 0.410 e. The van der Waals surface area contributed by atoms with E-state index in [0.29, 0.717) is 19.5 Å². The summed E-state index contributed by atoms with van der Waals surface area (Å²) in [6, 6.07) is 0. The summed E-state index contributed by atoms with van der Waals surface area (Å²) in [6.45, 7) is 6.54. The molecule has 0 aliphatic carbocycles. The fourth-order valence-corrected chi connectivity index (χ4v) is 3.42. The van der Waals surface area contributed by atoms with Gasteiger partial charge in [0.25, 0.3) is 0 Å². The highest BCUT2D eigenvalue weighted by molar-refractivity contribution is 5.79. The Hall–Kier alpha value is -1.34. The van der Waals surface area contributed by atoms with Crippen molar-refractivity contribution in [2.45, 2.75) is 44.8 Å². The fourth-order valence-electron chi connectivity index (χ4n) is 3.42. The fraction of sp³-hybridized carbons (Fsp3) is 0.867. The van der Waals surface area contributed by atoms with Crippen LogP contribution in [0.2, 0.25) is 0 Å². The number of aliphatic carboxylic acids is 1. The number of hydrogen-bond acceptors (Lipinski definition) is 5. The average Bonchev–Trinajstić information content (AvgIpc) is 2.93. The zero-order valence-corrected chi connectivity index (χ0v) is 13.8. The van der Waals surface area contributed by atoms with Crippen LogP contribution in [0.15, 0.2) is 0 Å². The molecule has 0 bridgehead atoms. The molecule has 0 spiro atoms. The van der Waals surface area contributed by atoms with Crippen LogP contribution in [0.1, 0.15) is 33.6 Å². The van der Waals surface area contributed by atoms with E-state index in [2.05, 4.69) is 0 Å². The van der Waals surface area contributed by atoms with Gasteiger partial charge < -0.3 is 24.7 Å². The van der Waals surface area contributed by atoms with Crippen LogP contribution >= 0.6 is 0 Å². The number of rotatable bonds is 2. The van der Waals surface area contributed by atoms with Crippen LogP contribution in [0.3, 0.4) is 0 Å². The molecule has 2 fully saturated rings. The number of likely N-dealkylation sites (N-methyl/N-ethyl adjacent to an activating group) is 1. The number of hydrogen-bond donors (Lipinski definition) is 2. The van der Waals surface area contributed by atoms with Gasteiger partial charge >= 0.3 is 12.1 Å². The molecule has 2 aliphatic heterocycles. The van der Waals surface area contributed by atoms with Gasteiger partial charge in [-0.3, -0.25) is 4.79 Å². The van der Waals surface area contributed by atoms with E-state index < -0.39 is 28.7 Å². The summed E-state index contributed by atoms with van der Waals surface area (Å²) in [4.78, 5) is 27.4. The summed E-state index contributed by atoms with van der Waals surface area (Å²) in [5.74, 6) is -1.05. The minimum atomic E-state index is -1.32. The average molecular weight is 314 g/mol. The molecule has 0 radical (unpaired) electrons. The van der Waals surface area contributed by atoms with Gasteiger partial charge in [-0.1, -0.05) is 0 Å². The zero-order chi connectivity index (χ0) is 16.8. The number of ether oxygens (including phenoxy) is 1. The Labute approximate surface area is 130 Å². The maximum atomic E-state index is 12.2. The van der Waals surface area contributed by atoms with Crippen molar-refractivity contribution >= 4 is 12.1 Å². The van der Waals surface area contributed by atoms with E-state index in [1.807, 2.05) is 11.9 Å². The lowest BCUT2D eigenvalue weighted by molar-refractivity contribution is -0.166. The number of β-amino-alcohol motifs (C(OH)–C–C–N with tert-alkyl or cyclic N) is 1. The van der Waals surface area contributed by atoms with Crippen LogP contribution in [0.4, 0.5) is 4.79 Å². The first-order valence-electron chi connectivity index (χ1n) is 7.61. The summed E-state index contributed by atoms with van der Waals surface area (Å²) in [5.41, 5.74) is -3.27. The Bertz CT molecular complexity index is 475. The van der Waals surface area contributed by atoms with Crippen LogP contribution in [0.25, 0.3) is 0 Å². The van der Waals surface area contributed by atoms with E-state index >= 15 is 0 Å². The minimum absolute atomic E-state index is 0.0123. The number of amides is 1. The SMILES string of the molecule is CN1CCC(O)(C2(C(=O)O)CCN(C(=O)OC(C)(C)C)C2)C1. The van der Waals surface area contributed by atoms with Crippen molar-refractivity contribution in [2.24, 2.45) is 5.41 Å². The van der Waals surface area contributed by atoms with Crippen molar-refractivity contribution in [3.05, 3.63) is 0 Å². The predicted molar refractivity (Wildman–Crippen MR) is 79.6 cm³/mol. The molecule has 0 aromatic rings. The summed E-state index contributed by atoms with van der Waals surface area (Å²) in [5, 5.41) is 20.7. The van der Waals surface area contributed by atoms with Crippen LogP contribution < -0.4 is 0 Å². The van der Waals surface area contributed by atoms with E-state index in [9.17, 15) is 19.8 Å². The van der Waals surface area contributed by atoms with Crippen LogP contribution in [-0.2, 0) is 9.53 Å². The lowest BCUT2D eigenvalue weighted by Crippen LogP contribution is -2.56. The minimum Gasteiger partial charge on any atom is -0.481 e. The van der Waals surface area contributed by atoms with Crippen LogP contribution in [0.5, 0.6) is 0 Å². The lowest BCUT2D eigenvalue weighted by Gasteiger charge is -2.39. The number of carbonyl (C=O) groups is 2. The van der Waals surface area contributed by atoms with Gasteiger partial charge in [0.2, 0.25) is 0 Å². The third-order valence-corrected chi connectivity index (χ3v) is 4.66. The monoisotopic (exact) mass is 314 g/mol. The van der Waals surface area contributed by atoms with E-state index in [0.717, 1.165) is 0 Å². The number of carbonyl (C=O) groups excluding carboxylic acids is 1. The molecule has 2 heterocycles. The molecule has 0 aromatic heterocycles. The molecule has 2 atom stereocenters. The second-order valence-corrected chi connectivity index (χ2v) is 7.56. The molecule has 1 amide bonds. The topological polar surface area (TPSA) is 90.3 Å². The molecule has 2 unspecified atom stereocenters. The highest BCUT2D eigenvalue weighted by atomic mass is 16.6. The summed E-state index contributed by atoms with van der Waals surface area (Å²) in [6.07, 6.45) is 0.120. The highest BCUT2D eigenvalue weighted by Crippen LogP contribution is 2.45. The Kier molecular flexibility index (Phi) is 4.16. The molecule has 2 saturated heterocycles. The largest absolute Gasteiger partial charge is 0.481 e. The second kappa shape index (κ2) is 5.38. The van der Waals surface area contributed by atoms with Crippen molar-refractivity contribution in [3.8, 4) is 0 Å². The molecular formula is C15H26N2O5. The number of aliphatic hydroxyl groups is 1. The molecule has 7 nitrogen and oxygen atoms in total. The maximum absolute atomic E-state index is 12.2. The Balaban J connectivity index is 2.19. The highest BCUT2D eigenvalue weighted by Gasteiger charge is 2.61. The van der Waals surface area contributed by atoms with Crippen molar-refractivity contribution in [3.63, 3.8) is 0 Å². The third kappa shape index (κ3) is 2.92. The zero-order valence-electron chi connectivity index (χ0n) is 13.8. The van der Waals surface area contributed by atoms with Gasteiger partial charge in [-0.2, -0.15) is 0 Å². The van der Waals surface area contributed by atoms with E-state index in [-0.39, 0.29) is 19.5 Å². The maximum Gasteiger partial charge on any atom is 0.410 e. The molecule has 7 heteroatoms. The Morgan fingerprint density at radius 2 is 1.77 bits per heavy atom. The number of nitrogens with zero attached hydrogens (tertiary/aromatic N) is 2. The molecular weight excluding hydrogens is 288 g/mol. The molecule has 22 heavy (non-hydrogen) atoms. The molecule has 0 aromatic carbocycles. The van der Waals surface area contributed by atoms with Crippen LogP contribution in [0, 0.1) is 5.41 Å². The predicted octanol–water partition coefficient (Wildman–Crippen LogP) is 0.765. The van der Waals surface area contributed by atoms with Gasteiger partial charge in [-0.15, -0.1) is 0 Å². The third-order valence-electron chi connectivity index (χ3n) is 4.66. The number of carboxylic acid groups (broad SMARTS) is 1. The summed E-state index contributed by atoms with van der Waals surface area (Å²) >= 11 is 0. The molecule has 0 saturated carbocycles. The van der Waals surface area contributed by atoms with Crippen molar-refractivity contribution in [2.75, 3.05) is 33.2 Å². The first-order chi connectivity index (χ1) is 9.99. The van der Waals surface area contributed by atoms with Gasteiger partial charge in [0.15, 0.2) is 0 Å². The van der Waals surface area contributed by atoms with Gasteiger partial charge in [0.05, 0.1) is 5.60 Å². The van der Waals surface area contributed by atoms with E-state index in [1.54, 1.807) is 20.8 Å². The van der Waals surface area contributed by atoms with Crippen molar-refractivity contribution in [1.29, 1.82) is 0 Å². The quantitative estimate of drug-likeness (QED) is 0.782. The lowest BCUT2D eigenvalue weighted by atomic mass is 9.70. The van der Waals surface area contributed by atoms with E-state index in [1.165, 1.54) is 4.90 Å². The standard InChI is InChI=1S/C15H26N2O5/c1-13(2,3)22-12(20)17-8-5-14(9-17,11(18)19)15(21)6-7-16(4)10-15/h21H,5-10H2,1-4H3,(H,18,19). The Morgan fingerprint density at radius 1 is 1.14 bits per heavy atom. The van der Waals surface area contributed by atoms with Gasteiger partial charge in [-0.05, 0) is 40.7 Å². The van der Waals surface area contributed by atoms with Crippen molar-refractivity contribution in [1.82, 2.24) is 9.80 Å². The second-order valence-electron chi connectivity index (χ2n) is 7.56. The Morgan fingerprint density at radius 3 is 2.23 bits per heavy atom. The molecule has 2 rings (SSSR count). The summed E-state index contributed by atoms with van der Waals surface area (Å²) in [7, 11) is 1.86. The number of carboxylic acids is 1. The number of likely N-dealkylation sites (tertiary alicyclic amines) is 2.